The van der Waals surface area contributed by atoms with Crippen LogP contribution in [0.1, 0.15) is 12.5 Å². The van der Waals surface area contributed by atoms with Gasteiger partial charge in [0.25, 0.3) is 0 Å². The third-order valence-corrected chi connectivity index (χ3v) is 3.78. The van der Waals surface area contributed by atoms with Gasteiger partial charge in [-0.15, -0.1) is 0 Å². The van der Waals surface area contributed by atoms with Gasteiger partial charge >= 0.3 is 0 Å². The Hall–Kier alpha value is -2.84. The van der Waals surface area contributed by atoms with Crippen molar-refractivity contribution in [1.82, 2.24) is 4.90 Å². The van der Waals surface area contributed by atoms with Crippen molar-refractivity contribution in [2.24, 2.45) is 0 Å². The minimum absolute atomic E-state index is 0.0954. The summed E-state index contributed by atoms with van der Waals surface area (Å²) in [6.45, 7) is 2.99. The Bertz CT molecular complexity index is 693. The molecular weight excluding hydrogens is 302 g/mol. The average Bonchev–Trinajstić information content (AvgIpc) is 2.62. The Morgan fingerprint density at radius 1 is 1.21 bits per heavy atom. The van der Waals surface area contributed by atoms with Crippen LogP contribution in [0.15, 0.2) is 54.6 Å². The molecule has 1 amide bonds. The third-order valence-electron chi connectivity index (χ3n) is 3.78. The van der Waals surface area contributed by atoms with Crippen LogP contribution in [-0.2, 0) is 4.79 Å². The maximum Gasteiger partial charge on any atom is 0.241 e. The molecule has 24 heavy (non-hydrogen) atoms. The number of nitrogens with zero attached hydrogens (tertiary/aromatic N) is 2. The molecule has 0 aliphatic heterocycles. The number of nitriles is 1. The Morgan fingerprint density at radius 3 is 2.50 bits per heavy atom. The van der Waals surface area contributed by atoms with Crippen LogP contribution < -0.4 is 10.1 Å². The van der Waals surface area contributed by atoms with Crippen molar-refractivity contribution < 1.29 is 9.53 Å². The molecule has 0 bridgehead atoms. The highest BCUT2D eigenvalue weighted by molar-refractivity contribution is 5.94. The summed E-state index contributed by atoms with van der Waals surface area (Å²) in [5.41, 5.74) is 1.25. The van der Waals surface area contributed by atoms with Crippen molar-refractivity contribution in [3.63, 3.8) is 0 Å². The van der Waals surface area contributed by atoms with Crippen molar-refractivity contribution in [3.05, 3.63) is 60.2 Å². The van der Waals surface area contributed by atoms with E-state index in [2.05, 4.69) is 11.4 Å². The Kier molecular flexibility index (Phi) is 6.35. The molecule has 0 saturated heterocycles. The van der Waals surface area contributed by atoms with E-state index in [1.54, 1.807) is 24.3 Å². The number of rotatable bonds is 7. The fourth-order valence-electron chi connectivity index (χ4n) is 2.09. The topological polar surface area (TPSA) is 65.4 Å². The average molecular weight is 323 g/mol. The van der Waals surface area contributed by atoms with Gasteiger partial charge in [0, 0.05) is 12.2 Å². The van der Waals surface area contributed by atoms with Crippen LogP contribution in [-0.4, -0.2) is 37.0 Å². The molecule has 2 aromatic rings. The lowest BCUT2D eigenvalue weighted by Crippen LogP contribution is -2.41. The van der Waals surface area contributed by atoms with E-state index in [-0.39, 0.29) is 11.9 Å². The number of amides is 1. The Balaban J connectivity index is 1.79. The number of likely N-dealkylation sites (N-methyl/N-ethyl adjacent to an activating group) is 1. The summed E-state index contributed by atoms with van der Waals surface area (Å²) >= 11 is 0. The van der Waals surface area contributed by atoms with Gasteiger partial charge in [-0.3, -0.25) is 9.69 Å². The number of carbonyl (C=O) groups is 1. The van der Waals surface area contributed by atoms with E-state index in [1.807, 2.05) is 49.2 Å². The van der Waals surface area contributed by atoms with Gasteiger partial charge in [-0.1, -0.05) is 18.2 Å². The first-order chi connectivity index (χ1) is 11.6. The van der Waals surface area contributed by atoms with E-state index in [9.17, 15) is 4.79 Å². The summed E-state index contributed by atoms with van der Waals surface area (Å²) in [6.07, 6.45) is 0. The first-order valence-electron chi connectivity index (χ1n) is 7.79. The molecule has 0 heterocycles. The largest absolute Gasteiger partial charge is 0.492 e. The molecule has 1 atom stereocenters. The van der Waals surface area contributed by atoms with Gasteiger partial charge in [0.05, 0.1) is 17.7 Å². The van der Waals surface area contributed by atoms with Gasteiger partial charge in [-0.25, -0.2) is 0 Å². The lowest BCUT2D eigenvalue weighted by Gasteiger charge is -2.23. The van der Waals surface area contributed by atoms with E-state index in [0.29, 0.717) is 24.4 Å². The summed E-state index contributed by atoms with van der Waals surface area (Å²) in [5, 5.41) is 11.6. The van der Waals surface area contributed by atoms with Gasteiger partial charge in [-0.05, 0) is 50.4 Å². The molecule has 0 aliphatic rings. The van der Waals surface area contributed by atoms with E-state index in [0.717, 1.165) is 5.75 Å². The van der Waals surface area contributed by atoms with Crippen molar-refractivity contribution in [1.29, 1.82) is 5.26 Å². The van der Waals surface area contributed by atoms with Gasteiger partial charge in [-0.2, -0.15) is 5.26 Å². The summed E-state index contributed by atoms with van der Waals surface area (Å²) in [6, 6.07) is 18.2. The molecule has 0 aliphatic carbocycles. The Morgan fingerprint density at radius 2 is 1.88 bits per heavy atom. The monoisotopic (exact) mass is 323 g/mol. The molecule has 1 N–H and O–H groups in total. The second-order valence-electron chi connectivity index (χ2n) is 5.50. The van der Waals surface area contributed by atoms with Crippen molar-refractivity contribution >= 4 is 11.6 Å². The Labute approximate surface area is 142 Å². The number of ether oxygens (including phenoxy) is 1. The smallest absolute Gasteiger partial charge is 0.241 e. The number of anilines is 1. The van der Waals surface area contributed by atoms with Gasteiger partial charge in [0.1, 0.15) is 12.4 Å². The lowest BCUT2D eigenvalue weighted by atomic mass is 10.2. The van der Waals surface area contributed by atoms with Crippen LogP contribution in [0.5, 0.6) is 5.75 Å². The predicted molar refractivity (Wildman–Crippen MR) is 93.8 cm³/mol. The molecule has 0 aromatic heterocycles. The normalized spacial score (nSPS) is 11.6. The second-order valence-corrected chi connectivity index (χ2v) is 5.50. The molecule has 0 unspecified atom stereocenters. The predicted octanol–water partition coefficient (Wildman–Crippen LogP) is 2.90. The van der Waals surface area contributed by atoms with Crippen LogP contribution in [0.2, 0.25) is 0 Å². The molecule has 124 valence electrons. The van der Waals surface area contributed by atoms with Crippen LogP contribution in [0, 0.1) is 11.3 Å². The first kappa shape index (κ1) is 17.5. The highest BCUT2D eigenvalue weighted by Gasteiger charge is 2.18. The zero-order chi connectivity index (χ0) is 17.4. The number of benzene rings is 2. The SMILES string of the molecule is C[C@H](C(=O)Nc1ccc(C#N)cc1)N(C)CCOc1ccccc1. The van der Waals surface area contributed by atoms with E-state index in [1.165, 1.54) is 0 Å². The standard InChI is InChI=1S/C19H21N3O2/c1-15(19(23)21-17-10-8-16(14-20)9-11-17)22(2)12-13-24-18-6-4-3-5-7-18/h3-11,15H,12-13H2,1-2H3,(H,21,23)/t15-/m1/s1. The highest BCUT2D eigenvalue weighted by atomic mass is 16.5. The number of hydrogen-bond acceptors (Lipinski definition) is 4. The molecule has 5 heteroatoms. The molecule has 0 saturated carbocycles. The molecule has 5 nitrogen and oxygen atoms in total. The third kappa shape index (κ3) is 5.11. The van der Waals surface area contributed by atoms with E-state index in [4.69, 9.17) is 10.00 Å². The molecule has 2 aromatic carbocycles. The second kappa shape index (κ2) is 8.70. The minimum atomic E-state index is -0.292. The van der Waals surface area contributed by atoms with E-state index < -0.39 is 0 Å². The van der Waals surface area contributed by atoms with Crippen LogP contribution in [0.3, 0.4) is 0 Å². The summed E-state index contributed by atoms with van der Waals surface area (Å²) in [4.78, 5) is 14.2. The highest BCUT2D eigenvalue weighted by Crippen LogP contribution is 2.11. The van der Waals surface area contributed by atoms with Gasteiger partial charge in [0.2, 0.25) is 5.91 Å². The number of nitrogens with one attached hydrogen (secondary N) is 1. The summed E-state index contributed by atoms with van der Waals surface area (Å²) in [5.74, 6) is 0.725. The number of para-hydroxylation sites is 1. The fraction of sp³-hybridized carbons (Fsp3) is 0.263. The molecule has 0 spiro atoms. The fourth-order valence-corrected chi connectivity index (χ4v) is 2.09. The van der Waals surface area contributed by atoms with Gasteiger partial charge < -0.3 is 10.1 Å². The molecule has 0 radical (unpaired) electrons. The van der Waals surface area contributed by atoms with Crippen molar-refractivity contribution in [2.75, 3.05) is 25.5 Å². The van der Waals surface area contributed by atoms with Gasteiger partial charge in [0.15, 0.2) is 0 Å². The molecule has 2 rings (SSSR count). The zero-order valence-corrected chi connectivity index (χ0v) is 13.9. The number of hydrogen-bond donors (Lipinski definition) is 1. The minimum Gasteiger partial charge on any atom is -0.492 e. The first-order valence-corrected chi connectivity index (χ1v) is 7.79. The lowest BCUT2D eigenvalue weighted by molar-refractivity contribution is -0.120. The van der Waals surface area contributed by atoms with Crippen molar-refractivity contribution in [3.8, 4) is 11.8 Å². The van der Waals surface area contributed by atoms with E-state index >= 15 is 0 Å². The maximum absolute atomic E-state index is 12.3. The van der Waals surface area contributed by atoms with Crippen LogP contribution in [0.4, 0.5) is 5.69 Å². The summed E-state index contributed by atoms with van der Waals surface area (Å²) < 4.78 is 5.65. The molecule has 0 fully saturated rings. The zero-order valence-electron chi connectivity index (χ0n) is 13.9. The van der Waals surface area contributed by atoms with Crippen LogP contribution in [0.25, 0.3) is 0 Å². The number of carbonyl (C=O) groups excluding carboxylic acids is 1. The molecular formula is C19H21N3O2. The maximum atomic E-state index is 12.3. The summed E-state index contributed by atoms with van der Waals surface area (Å²) in [7, 11) is 1.89. The van der Waals surface area contributed by atoms with Crippen LogP contribution >= 0.6 is 0 Å². The quantitative estimate of drug-likeness (QED) is 0.851. The van der Waals surface area contributed by atoms with Crippen molar-refractivity contribution in [2.45, 2.75) is 13.0 Å².